The number of hydrogen-bond acceptors (Lipinski definition) is 4. The minimum Gasteiger partial charge on any atom is -0.347 e. The molecule has 114 valence electrons. The Morgan fingerprint density at radius 2 is 2.19 bits per heavy atom. The van der Waals surface area contributed by atoms with Gasteiger partial charge in [-0.15, -0.1) is 0 Å². The highest BCUT2D eigenvalue weighted by molar-refractivity contribution is 7.89. The third kappa shape index (κ3) is 3.29. The minimum atomic E-state index is -3.79. The first-order valence-electron chi connectivity index (χ1n) is 6.36. The fourth-order valence-electron chi connectivity index (χ4n) is 1.98. The molecule has 4 N–H and O–H groups in total. The number of sulfonamides is 1. The van der Waals surface area contributed by atoms with Crippen LogP contribution in [0.25, 0.3) is 0 Å². The summed E-state index contributed by atoms with van der Waals surface area (Å²) in [5.41, 5.74) is 5.85. The number of aryl methyl sites for hydroxylation is 1. The van der Waals surface area contributed by atoms with Crippen LogP contribution in [0.3, 0.4) is 0 Å². The molecule has 1 aromatic carbocycles. The van der Waals surface area contributed by atoms with Crippen LogP contribution in [0.2, 0.25) is 0 Å². The summed E-state index contributed by atoms with van der Waals surface area (Å²) in [5.74, 6) is 0.0204. The van der Waals surface area contributed by atoms with Gasteiger partial charge in [0.25, 0.3) is 0 Å². The van der Waals surface area contributed by atoms with Crippen LogP contribution in [0.4, 0.5) is 4.39 Å². The summed E-state index contributed by atoms with van der Waals surface area (Å²) in [6, 6.07) is 2.00. The number of imidazole rings is 1. The van der Waals surface area contributed by atoms with Crippen molar-refractivity contribution in [2.75, 3.05) is 0 Å². The van der Waals surface area contributed by atoms with E-state index in [4.69, 9.17) is 5.73 Å². The van der Waals surface area contributed by atoms with Crippen LogP contribution in [0.1, 0.15) is 29.9 Å². The Hall–Kier alpha value is -1.77. The number of halogens is 1. The fourth-order valence-corrected chi connectivity index (χ4v) is 3.32. The van der Waals surface area contributed by atoms with Gasteiger partial charge in [0.15, 0.2) is 0 Å². The summed E-state index contributed by atoms with van der Waals surface area (Å²) in [7, 11) is -3.79. The molecule has 1 aromatic heterocycles. The molecule has 0 saturated carbocycles. The van der Waals surface area contributed by atoms with Gasteiger partial charge in [-0.25, -0.2) is 22.5 Å². The Bertz CT molecular complexity index is 729. The number of H-pyrrole nitrogens is 1. The Labute approximate surface area is 122 Å². The molecule has 1 heterocycles. The van der Waals surface area contributed by atoms with E-state index in [1.54, 1.807) is 13.1 Å². The highest BCUT2D eigenvalue weighted by Gasteiger charge is 2.21. The van der Waals surface area contributed by atoms with Crippen molar-refractivity contribution in [1.82, 2.24) is 14.7 Å². The molecule has 6 nitrogen and oxygen atoms in total. The van der Waals surface area contributed by atoms with Crippen molar-refractivity contribution >= 4 is 10.0 Å². The predicted octanol–water partition coefficient (Wildman–Crippen LogP) is 1.36. The lowest BCUT2D eigenvalue weighted by atomic mass is 10.1. The second-order valence-electron chi connectivity index (χ2n) is 4.73. The van der Waals surface area contributed by atoms with Crippen molar-refractivity contribution in [1.29, 1.82) is 0 Å². The molecule has 0 radical (unpaired) electrons. The van der Waals surface area contributed by atoms with E-state index in [0.717, 1.165) is 0 Å². The largest absolute Gasteiger partial charge is 0.347 e. The number of aromatic amines is 1. The number of aromatic nitrogens is 2. The molecule has 0 aliphatic carbocycles. The van der Waals surface area contributed by atoms with Gasteiger partial charge >= 0.3 is 0 Å². The number of rotatable bonds is 5. The predicted molar refractivity (Wildman–Crippen MR) is 76.4 cm³/mol. The summed E-state index contributed by atoms with van der Waals surface area (Å²) in [6.07, 6.45) is 3.14. The quantitative estimate of drug-likeness (QED) is 0.776. The van der Waals surface area contributed by atoms with Gasteiger partial charge in [0.05, 0.1) is 10.9 Å². The van der Waals surface area contributed by atoms with Crippen molar-refractivity contribution in [3.63, 3.8) is 0 Å². The smallest absolute Gasteiger partial charge is 0.241 e. The van der Waals surface area contributed by atoms with Crippen LogP contribution in [0, 0.1) is 12.7 Å². The standard InChI is InChI=1S/C13H17FN4O2S/c1-8-5-11(6-10(7-15)12(8)14)21(19,20)18-9(2)13-16-3-4-17-13/h3-6,9,18H,7,15H2,1-2H3,(H,16,17). The van der Waals surface area contributed by atoms with Crippen molar-refractivity contribution in [2.45, 2.75) is 31.3 Å². The van der Waals surface area contributed by atoms with E-state index < -0.39 is 21.9 Å². The third-order valence-corrected chi connectivity index (χ3v) is 4.62. The van der Waals surface area contributed by atoms with E-state index in [2.05, 4.69) is 14.7 Å². The second-order valence-corrected chi connectivity index (χ2v) is 6.45. The first-order chi connectivity index (χ1) is 9.85. The van der Waals surface area contributed by atoms with Gasteiger partial charge < -0.3 is 10.7 Å². The number of nitrogens with two attached hydrogens (primary N) is 1. The third-order valence-electron chi connectivity index (χ3n) is 3.10. The molecule has 0 spiro atoms. The van der Waals surface area contributed by atoms with Crippen LogP contribution in [-0.2, 0) is 16.6 Å². The minimum absolute atomic E-state index is 0.0137. The van der Waals surface area contributed by atoms with Gasteiger partial charge in [-0.2, -0.15) is 0 Å². The van der Waals surface area contributed by atoms with Crippen molar-refractivity contribution in [2.24, 2.45) is 5.73 Å². The van der Waals surface area contributed by atoms with Crippen molar-refractivity contribution < 1.29 is 12.8 Å². The van der Waals surface area contributed by atoms with Gasteiger partial charge in [-0.1, -0.05) is 0 Å². The zero-order valence-electron chi connectivity index (χ0n) is 11.7. The zero-order valence-corrected chi connectivity index (χ0v) is 12.5. The normalized spacial score (nSPS) is 13.3. The Balaban J connectivity index is 2.34. The summed E-state index contributed by atoms with van der Waals surface area (Å²) >= 11 is 0. The summed E-state index contributed by atoms with van der Waals surface area (Å²) < 4.78 is 40.9. The number of hydrogen-bond donors (Lipinski definition) is 3. The van der Waals surface area contributed by atoms with Crippen LogP contribution < -0.4 is 10.5 Å². The summed E-state index contributed by atoms with van der Waals surface area (Å²) in [6.45, 7) is 3.10. The van der Waals surface area contributed by atoms with E-state index in [9.17, 15) is 12.8 Å². The summed E-state index contributed by atoms with van der Waals surface area (Å²) in [5, 5.41) is 0. The van der Waals surface area contributed by atoms with E-state index >= 15 is 0 Å². The molecule has 0 aliphatic heterocycles. The van der Waals surface area contributed by atoms with Crippen LogP contribution >= 0.6 is 0 Å². The lowest BCUT2D eigenvalue weighted by Gasteiger charge is -2.14. The highest BCUT2D eigenvalue weighted by Crippen LogP contribution is 2.20. The summed E-state index contributed by atoms with van der Waals surface area (Å²) in [4.78, 5) is 6.82. The molecule has 21 heavy (non-hydrogen) atoms. The molecule has 0 amide bonds. The first-order valence-corrected chi connectivity index (χ1v) is 7.84. The molecule has 2 rings (SSSR count). The molecule has 8 heteroatoms. The molecule has 0 bridgehead atoms. The molecule has 1 unspecified atom stereocenters. The van der Waals surface area contributed by atoms with E-state index in [1.807, 2.05) is 0 Å². The van der Waals surface area contributed by atoms with E-state index in [0.29, 0.717) is 5.82 Å². The Kier molecular flexibility index (Phi) is 4.40. The lowest BCUT2D eigenvalue weighted by molar-refractivity contribution is 0.559. The topological polar surface area (TPSA) is 101 Å². The molecule has 0 fully saturated rings. The monoisotopic (exact) mass is 312 g/mol. The lowest BCUT2D eigenvalue weighted by Crippen LogP contribution is -2.28. The highest BCUT2D eigenvalue weighted by atomic mass is 32.2. The first kappa shape index (κ1) is 15.6. The van der Waals surface area contributed by atoms with E-state index in [-0.39, 0.29) is 22.6 Å². The van der Waals surface area contributed by atoms with E-state index in [1.165, 1.54) is 25.3 Å². The van der Waals surface area contributed by atoms with Gasteiger partial charge in [0, 0.05) is 24.5 Å². The zero-order chi connectivity index (χ0) is 15.6. The SMILES string of the molecule is Cc1cc(S(=O)(=O)NC(C)c2ncc[nH]2)cc(CN)c1F. The van der Waals surface area contributed by atoms with Crippen LogP contribution in [-0.4, -0.2) is 18.4 Å². The number of benzene rings is 1. The van der Waals surface area contributed by atoms with Crippen molar-refractivity contribution in [3.8, 4) is 0 Å². The fraction of sp³-hybridized carbons (Fsp3) is 0.308. The van der Waals surface area contributed by atoms with Gasteiger partial charge in [-0.3, -0.25) is 0 Å². The molecule has 1 atom stereocenters. The van der Waals surface area contributed by atoms with Gasteiger partial charge in [0.2, 0.25) is 10.0 Å². The molecular formula is C13H17FN4O2S. The Morgan fingerprint density at radius 3 is 2.76 bits per heavy atom. The maximum Gasteiger partial charge on any atom is 0.241 e. The Morgan fingerprint density at radius 1 is 1.48 bits per heavy atom. The van der Waals surface area contributed by atoms with Crippen LogP contribution in [0.15, 0.2) is 29.4 Å². The number of nitrogens with one attached hydrogen (secondary N) is 2. The van der Waals surface area contributed by atoms with Crippen LogP contribution in [0.5, 0.6) is 0 Å². The van der Waals surface area contributed by atoms with Crippen molar-refractivity contribution in [3.05, 3.63) is 47.3 Å². The molecular weight excluding hydrogens is 295 g/mol. The average Bonchev–Trinajstić information content (AvgIpc) is 2.95. The average molecular weight is 312 g/mol. The van der Waals surface area contributed by atoms with Gasteiger partial charge in [-0.05, 0) is 31.5 Å². The molecule has 2 aromatic rings. The maximum atomic E-state index is 13.7. The number of nitrogens with zero attached hydrogens (tertiary/aromatic N) is 1. The van der Waals surface area contributed by atoms with Gasteiger partial charge in [0.1, 0.15) is 11.6 Å². The molecule has 0 saturated heterocycles. The second kappa shape index (κ2) is 5.92. The maximum absolute atomic E-state index is 13.7. The molecule has 0 aliphatic rings.